The third-order valence-electron chi connectivity index (χ3n) is 19.4. The van der Waals surface area contributed by atoms with Crippen LogP contribution in [0.2, 0.25) is 0 Å². The van der Waals surface area contributed by atoms with E-state index in [0.29, 0.717) is 0 Å². The number of halogens is 1. The van der Waals surface area contributed by atoms with E-state index in [2.05, 4.69) is 46.4 Å². The lowest BCUT2D eigenvalue weighted by atomic mass is 9.88. The predicted molar refractivity (Wildman–Crippen MR) is 378 cm³/mol. The van der Waals surface area contributed by atoms with E-state index in [9.17, 15) is 0 Å². The fourth-order valence-electron chi connectivity index (χ4n) is 13.7. The highest BCUT2D eigenvalue weighted by atomic mass is 19.1. The maximum atomic E-state index is 18.4. The van der Waals surface area contributed by atoms with E-state index in [-0.39, 0.29) is 5.82 Å². The molecule has 0 radical (unpaired) electrons. The van der Waals surface area contributed by atoms with Crippen molar-refractivity contribution in [2.24, 2.45) is 0 Å². The molecule has 84 heavy (non-hydrogen) atoms. The number of aryl methyl sites for hydroxylation is 3. The first-order chi connectivity index (χ1) is 41.6. The second-order valence-electron chi connectivity index (χ2n) is 27.5. The third kappa shape index (κ3) is 41.5. The Morgan fingerprint density at radius 3 is 0.750 bits per heavy atom. The lowest BCUT2D eigenvalue weighted by Gasteiger charge is -2.28. The Balaban J connectivity index is 2.71. The number of benzene rings is 1. The van der Waals surface area contributed by atoms with E-state index in [4.69, 9.17) is 9.97 Å². The summed E-state index contributed by atoms with van der Waals surface area (Å²) in [7, 11) is 0. The first kappa shape index (κ1) is 78.4. The Morgan fingerprint density at radius 2 is 0.464 bits per heavy atom. The van der Waals surface area contributed by atoms with Crippen LogP contribution in [0.4, 0.5) is 10.2 Å². The summed E-state index contributed by atoms with van der Waals surface area (Å²) >= 11 is 0. The summed E-state index contributed by atoms with van der Waals surface area (Å²) in [4.78, 5) is 14.4. The molecule has 2 aromatic rings. The molecule has 0 aliphatic rings. The lowest BCUT2D eigenvalue weighted by Crippen LogP contribution is -2.28. The van der Waals surface area contributed by atoms with Gasteiger partial charge >= 0.3 is 0 Å². The fraction of sp³-hybridized carbons (Fsp3) is 0.900. The monoisotopic (exact) mass is 1170 g/mol. The Hall–Kier alpha value is -1.71. The first-order valence-electron chi connectivity index (χ1n) is 39.3. The van der Waals surface area contributed by atoms with Gasteiger partial charge in [-0.25, -0.2) is 14.4 Å². The lowest BCUT2D eigenvalue weighted by molar-refractivity contribution is 0.538. The quantitative estimate of drug-likeness (QED) is 0.0618. The summed E-state index contributed by atoms with van der Waals surface area (Å²) in [6.45, 7) is 16.1. The maximum absolute atomic E-state index is 18.4. The minimum absolute atomic E-state index is 0.141. The van der Waals surface area contributed by atoms with Crippen LogP contribution in [0.25, 0.3) is 10.9 Å². The number of anilines is 1. The van der Waals surface area contributed by atoms with Crippen molar-refractivity contribution in [1.82, 2.24) is 9.97 Å². The highest BCUT2D eigenvalue weighted by Gasteiger charge is 2.26. The summed E-state index contributed by atoms with van der Waals surface area (Å²) in [6.07, 6.45) is 83.4. The molecule has 1 aromatic carbocycles. The first-order valence-corrected chi connectivity index (χ1v) is 39.3. The Bertz CT molecular complexity index is 1660. The molecule has 3 nitrogen and oxygen atoms in total. The minimum atomic E-state index is 0.141. The molecule has 0 aliphatic heterocycles. The van der Waals surface area contributed by atoms with Gasteiger partial charge in [0.05, 0.1) is 5.52 Å². The number of rotatable bonds is 67. The molecule has 492 valence electrons. The molecule has 1 aromatic heterocycles. The van der Waals surface area contributed by atoms with Crippen molar-refractivity contribution in [1.29, 1.82) is 0 Å². The molecule has 2 rings (SSSR count). The van der Waals surface area contributed by atoms with Gasteiger partial charge in [0, 0.05) is 30.5 Å². The van der Waals surface area contributed by atoms with Crippen LogP contribution in [-0.4, -0.2) is 23.1 Å². The maximum Gasteiger partial charge on any atom is 0.140 e. The zero-order chi connectivity index (χ0) is 60.3. The van der Waals surface area contributed by atoms with Crippen LogP contribution >= 0.6 is 0 Å². The number of unbranched alkanes of at least 4 members (excludes halogenated alkanes) is 54. The molecule has 0 aliphatic carbocycles. The van der Waals surface area contributed by atoms with Gasteiger partial charge in [0.1, 0.15) is 17.5 Å². The number of hydrogen-bond donors (Lipinski definition) is 0. The average molecular weight is 1170 g/mol. The van der Waals surface area contributed by atoms with Gasteiger partial charge in [0.15, 0.2) is 0 Å². The highest BCUT2D eigenvalue weighted by molar-refractivity contribution is 5.96. The van der Waals surface area contributed by atoms with Gasteiger partial charge in [-0.05, 0) is 68.9 Å². The summed E-state index contributed by atoms with van der Waals surface area (Å²) < 4.78 is 18.4. The molecule has 0 saturated carbocycles. The number of aromatic nitrogens is 2. The molecule has 1 heterocycles. The zero-order valence-corrected chi connectivity index (χ0v) is 58.4. The molecule has 0 N–H and O–H groups in total. The topological polar surface area (TPSA) is 29.0 Å². The standard InChI is InChI=1S/C80H150FN3/c1-7-13-19-25-31-37-43-49-55-61-67-73-74(68-62-56-50-44-38-32-26-20-14-8-2)78(81)75(69-63-57-51-45-39-33-27-21-15-9-3)79-77(73)80(83-76(82-79)70-64-58-52-46-40-34-28-22-16-10-4)84(71-65-59-53-47-41-35-29-23-17-11-5)72-66-60-54-48-42-36-30-24-18-12-6/h7-72H2,1-6H3. The van der Waals surface area contributed by atoms with Crippen LogP contribution < -0.4 is 4.90 Å². The Kier molecular flexibility index (Phi) is 56.2. The molecular weight excluding hydrogens is 1020 g/mol. The molecule has 0 saturated heterocycles. The fourth-order valence-corrected chi connectivity index (χ4v) is 13.7. The molecule has 0 amide bonds. The smallest absolute Gasteiger partial charge is 0.140 e. The number of hydrogen-bond acceptors (Lipinski definition) is 3. The Morgan fingerprint density at radius 1 is 0.238 bits per heavy atom. The second kappa shape index (κ2) is 60.2. The molecule has 4 heteroatoms. The molecule has 0 unspecified atom stereocenters. The van der Waals surface area contributed by atoms with Crippen molar-refractivity contribution in [2.45, 2.75) is 452 Å². The highest BCUT2D eigenvalue weighted by Crippen LogP contribution is 2.38. The predicted octanol–water partition coefficient (Wildman–Crippen LogP) is 28.3. The van der Waals surface area contributed by atoms with Crippen LogP contribution in [0.3, 0.4) is 0 Å². The van der Waals surface area contributed by atoms with Crippen LogP contribution in [0, 0.1) is 5.82 Å². The minimum Gasteiger partial charge on any atom is -0.356 e. The van der Waals surface area contributed by atoms with Crippen molar-refractivity contribution in [2.75, 3.05) is 18.0 Å². The Labute approximate surface area is 527 Å². The summed E-state index contributed by atoms with van der Waals surface area (Å²) in [5, 5.41) is 1.29. The molecule has 0 atom stereocenters. The molecule has 0 spiro atoms. The van der Waals surface area contributed by atoms with Gasteiger partial charge in [-0.3, -0.25) is 0 Å². The van der Waals surface area contributed by atoms with Crippen molar-refractivity contribution in [3.05, 3.63) is 28.3 Å². The van der Waals surface area contributed by atoms with Crippen molar-refractivity contribution < 1.29 is 4.39 Å². The van der Waals surface area contributed by atoms with Crippen LogP contribution in [0.5, 0.6) is 0 Å². The summed E-state index contributed by atoms with van der Waals surface area (Å²) in [5.41, 5.74) is 4.39. The van der Waals surface area contributed by atoms with E-state index in [1.54, 1.807) is 0 Å². The van der Waals surface area contributed by atoms with Crippen molar-refractivity contribution in [3.63, 3.8) is 0 Å². The SMILES string of the molecule is CCCCCCCCCCCCc1nc(N(CCCCCCCCCCCC)CCCCCCCCCCCC)c2c(CCCCCCCCCCCC)c(CCCCCCCCCCCC)c(F)c(CCCCCCCCCCCC)c2n1. The average Bonchev–Trinajstić information content (AvgIpc) is 2.30. The van der Waals surface area contributed by atoms with Crippen LogP contribution in [0.1, 0.15) is 449 Å². The molecular formula is C80H150FN3. The molecule has 0 fully saturated rings. The van der Waals surface area contributed by atoms with Crippen LogP contribution in [0.15, 0.2) is 0 Å². The van der Waals surface area contributed by atoms with Gasteiger partial charge < -0.3 is 4.90 Å². The summed E-state index contributed by atoms with van der Waals surface area (Å²) in [5.74, 6) is 2.36. The van der Waals surface area contributed by atoms with Crippen LogP contribution in [-0.2, 0) is 25.7 Å². The zero-order valence-electron chi connectivity index (χ0n) is 58.4. The number of nitrogens with zero attached hydrogens (tertiary/aromatic N) is 3. The van der Waals surface area contributed by atoms with Crippen molar-refractivity contribution in [3.8, 4) is 0 Å². The van der Waals surface area contributed by atoms with Gasteiger partial charge in [0.25, 0.3) is 0 Å². The largest absolute Gasteiger partial charge is 0.356 e. The molecule has 0 bridgehead atoms. The van der Waals surface area contributed by atoms with Gasteiger partial charge in [0.2, 0.25) is 0 Å². The van der Waals surface area contributed by atoms with E-state index in [0.717, 1.165) is 86.9 Å². The number of fused-ring (bicyclic) bond motifs is 1. The summed E-state index contributed by atoms with van der Waals surface area (Å²) in [6, 6.07) is 0. The van der Waals surface area contributed by atoms with Crippen molar-refractivity contribution >= 4 is 16.7 Å². The van der Waals surface area contributed by atoms with E-state index in [1.165, 1.54) is 376 Å². The van der Waals surface area contributed by atoms with E-state index >= 15 is 4.39 Å². The van der Waals surface area contributed by atoms with Gasteiger partial charge in [-0.2, -0.15) is 0 Å². The van der Waals surface area contributed by atoms with E-state index in [1.807, 2.05) is 0 Å². The third-order valence-corrected chi connectivity index (χ3v) is 19.4. The normalized spacial score (nSPS) is 11.8. The van der Waals surface area contributed by atoms with Gasteiger partial charge in [-0.1, -0.05) is 388 Å². The van der Waals surface area contributed by atoms with Gasteiger partial charge in [-0.15, -0.1) is 0 Å². The second-order valence-corrected chi connectivity index (χ2v) is 27.5. The van der Waals surface area contributed by atoms with E-state index < -0.39 is 0 Å².